The normalized spacial score (nSPS) is 19.0. The van der Waals surface area contributed by atoms with Crippen LogP contribution in [0.2, 0.25) is 0 Å². The molecule has 7 nitrogen and oxygen atoms in total. The lowest BCUT2D eigenvalue weighted by atomic mass is 9.88. The zero-order chi connectivity index (χ0) is 21.0. The molecule has 0 unspecified atom stereocenters. The van der Waals surface area contributed by atoms with E-state index >= 15 is 0 Å². The fourth-order valence-electron chi connectivity index (χ4n) is 3.46. The molecule has 1 aliphatic heterocycles. The third-order valence-corrected chi connectivity index (χ3v) is 5.35. The highest BCUT2D eigenvalue weighted by molar-refractivity contribution is 5.87. The van der Waals surface area contributed by atoms with E-state index in [2.05, 4.69) is 10.6 Å². The number of benzene rings is 2. The molecule has 0 radical (unpaired) electrons. The van der Waals surface area contributed by atoms with Crippen LogP contribution in [-0.2, 0) is 9.59 Å². The molecule has 3 N–H and O–H groups in total. The highest BCUT2D eigenvalue weighted by atomic mass is 16.5. The molecule has 2 aromatic carbocycles. The van der Waals surface area contributed by atoms with Crippen molar-refractivity contribution in [1.82, 2.24) is 10.6 Å². The summed E-state index contributed by atoms with van der Waals surface area (Å²) < 4.78 is 10.9. The summed E-state index contributed by atoms with van der Waals surface area (Å²) in [6.07, 6.45) is 0.532. The van der Waals surface area contributed by atoms with Crippen LogP contribution in [0.4, 0.5) is 0 Å². The van der Waals surface area contributed by atoms with E-state index in [-0.39, 0.29) is 12.3 Å². The minimum absolute atomic E-state index is 0.189. The number of carbonyl (C=O) groups is 2. The number of amides is 1. The van der Waals surface area contributed by atoms with E-state index in [4.69, 9.17) is 9.47 Å². The average Bonchev–Trinajstić information content (AvgIpc) is 2.70. The molecular weight excluding hydrogens is 372 g/mol. The minimum atomic E-state index is -0.975. The lowest BCUT2D eigenvalue weighted by Crippen LogP contribution is -2.64. The second-order valence-electron chi connectivity index (χ2n) is 7.29. The number of carbonyl (C=O) groups excluding carboxylic acids is 1. The third kappa shape index (κ3) is 4.35. The van der Waals surface area contributed by atoms with Crippen molar-refractivity contribution in [2.24, 2.45) is 0 Å². The average molecular weight is 398 g/mol. The smallest absolute Gasteiger partial charge is 0.305 e. The van der Waals surface area contributed by atoms with Crippen molar-refractivity contribution in [3.8, 4) is 22.6 Å². The lowest BCUT2D eigenvalue weighted by molar-refractivity contribution is -0.138. The maximum Gasteiger partial charge on any atom is 0.305 e. The van der Waals surface area contributed by atoms with E-state index in [1.165, 1.54) is 0 Å². The number of nitrogens with one attached hydrogen (secondary N) is 2. The van der Waals surface area contributed by atoms with Crippen LogP contribution >= 0.6 is 0 Å². The summed E-state index contributed by atoms with van der Waals surface area (Å²) in [5, 5.41) is 15.3. The predicted octanol–water partition coefficient (Wildman–Crippen LogP) is 2.75. The molecule has 2 atom stereocenters. The molecule has 1 heterocycles. The summed E-state index contributed by atoms with van der Waals surface area (Å²) in [5.41, 5.74) is 1.77. The Morgan fingerprint density at radius 2 is 1.72 bits per heavy atom. The van der Waals surface area contributed by atoms with Gasteiger partial charge in [-0.25, -0.2) is 0 Å². The van der Waals surface area contributed by atoms with Crippen LogP contribution in [0.3, 0.4) is 0 Å². The SMILES string of the molecule is COc1cccc(OC)c1-c1ccc([C@@H](CC(=O)O)NC(=O)[C@]2(C)CCN2)cc1. The van der Waals surface area contributed by atoms with Gasteiger partial charge in [-0.1, -0.05) is 30.3 Å². The molecule has 7 heteroatoms. The molecule has 2 aromatic rings. The maximum absolute atomic E-state index is 12.6. The molecule has 0 aliphatic carbocycles. The molecule has 0 bridgehead atoms. The van der Waals surface area contributed by atoms with Crippen LogP contribution in [-0.4, -0.2) is 43.3 Å². The van der Waals surface area contributed by atoms with Gasteiger partial charge in [0.15, 0.2) is 0 Å². The molecule has 1 amide bonds. The Bertz CT molecular complexity index is 868. The minimum Gasteiger partial charge on any atom is -0.496 e. The highest BCUT2D eigenvalue weighted by Crippen LogP contribution is 2.38. The first-order valence-electron chi connectivity index (χ1n) is 9.47. The number of hydrogen-bond donors (Lipinski definition) is 3. The summed E-state index contributed by atoms with van der Waals surface area (Å²) in [7, 11) is 3.19. The molecule has 154 valence electrons. The zero-order valence-corrected chi connectivity index (χ0v) is 16.8. The van der Waals surface area contributed by atoms with Gasteiger partial charge in [-0.3, -0.25) is 9.59 Å². The first-order chi connectivity index (χ1) is 13.9. The Morgan fingerprint density at radius 3 is 2.17 bits per heavy atom. The second-order valence-corrected chi connectivity index (χ2v) is 7.29. The number of carboxylic acid groups (broad SMARTS) is 1. The van der Waals surface area contributed by atoms with Gasteiger partial charge in [0.25, 0.3) is 0 Å². The first kappa shape index (κ1) is 20.7. The van der Waals surface area contributed by atoms with E-state index < -0.39 is 17.6 Å². The summed E-state index contributed by atoms with van der Waals surface area (Å²) in [6.45, 7) is 2.60. The van der Waals surface area contributed by atoms with Crippen molar-refractivity contribution in [1.29, 1.82) is 0 Å². The van der Waals surface area contributed by atoms with E-state index in [1.807, 2.05) is 49.4 Å². The van der Waals surface area contributed by atoms with Gasteiger partial charge in [-0.05, 0) is 43.1 Å². The van der Waals surface area contributed by atoms with Crippen molar-refractivity contribution in [3.63, 3.8) is 0 Å². The Labute approximate surface area is 170 Å². The van der Waals surface area contributed by atoms with Crippen LogP contribution in [0.15, 0.2) is 42.5 Å². The second kappa shape index (κ2) is 8.53. The highest BCUT2D eigenvalue weighted by Gasteiger charge is 2.39. The maximum atomic E-state index is 12.6. The molecule has 1 saturated heterocycles. The van der Waals surface area contributed by atoms with Gasteiger partial charge < -0.3 is 25.2 Å². The van der Waals surface area contributed by atoms with Crippen LogP contribution < -0.4 is 20.1 Å². The summed E-state index contributed by atoms with van der Waals surface area (Å²) in [4.78, 5) is 23.9. The van der Waals surface area contributed by atoms with Gasteiger partial charge >= 0.3 is 5.97 Å². The number of hydrogen-bond acceptors (Lipinski definition) is 5. The van der Waals surface area contributed by atoms with E-state index in [0.717, 1.165) is 29.7 Å². The van der Waals surface area contributed by atoms with Gasteiger partial charge in [-0.15, -0.1) is 0 Å². The van der Waals surface area contributed by atoms with Crippen molar-refractivity contribution in [2.75, 3.05) is 20.8 Å². The number of methoxy groups -OCH3 is 2. The molecule has 29 heavy (non-hydrogen) atoms. The summed E-state index contributed by atoms with van der Waals surface area (Å²) in [5.74, 6) is 0.191. The predicted molar refractivity (Wildman–Crippen MR) is 109 cm³/mol. The Hall–Kier alpha value is -3.06. The lowest BCUT2D eigenvalue weighted by Gasteiger charge is -2.39. The van der Waals surface area contributed by atoms with Crippen molar-refractivity contribution in [2.45, 2.75) is 31.3 Å². The van der Waals surface area contributed by atoms with Crippen LogP contribution in [0.5, 0.6) is 11.5 Å². The monoisotopic (exact) mass is 398 g/mol. The van der Waals surface area contributed by atoms with Crippen LogP contribution in [0.25, 0.3) is 11.1 Å². The van der Waals surface area contributed by atoms with E-state index in [9.17, 15) is 14.7 Å². The van der Waals surface area contributed by atoms with Crippen LogP contribution in [0.1, 0.15) is 31.4 Å². The standard InChI is InChI=1S/C22H26N2O5/c1-22(11-12-23-22)21(27)24-16(13-19(25)26)14-7-9-15(10-8-14)20-17(28-2)5-4-6-18(20)29-3/h4-10,16,23H,11-13H2,1-3H3,(H,24,27)(H,25,26)/t16-,22+/m1/s1. The quantitative estimate of drug-likeness (QED) is 0.633. The molecule has 1 fully saturated rings. The van der Waals surface area contributed by atoms with Gasteiger partial charge in [-0.2, -0.15) is 0 Å². The van der Waals surface area contributed by atoms with E-state index in [0.29, 0.717) is 11.5 Å². The van der Waals surface area contributed by atoms with Crippen molar-refractivity contribution < 1.29 is 24.2 Å². The van der Waals surface area contributed by atoms with Crippen LogP contribution in [0, 0.1) is 0 Å². The summed E-state index contributed by atoms with van der Waals surface area (Å²) >= 11 is 0. The number of rotatable bonds is 8. The molecule has 0 saturated carbocycles. The molecule has 0 aromatic heterocycles. The number of aliphatic carboxylic acids is 1. The van der Waals surface area contributed by atoms with Gasteiger partial charge in [0.05, 0.1) is 37.8 Å². The fraction of sp³-hybridized carbons (Fsp3) is 0.364. The van der Waals surface area contributed by atoms with Gasteiger partial charge in [0, 0.05) is 0 Å². The first-order valence-corrected chi connectivity index (χ1v) is 9.47. The fourth-order valence-corrected chi connectivity index (χ4v) is 3.46. The molecular formula is C22H26N2O5. The Balaban J connectivity index is 1.88. The van der Waals surface area contributed by atoms with Gasteiger partial charge in [0.1, 0.15) is 11.5 Å². The van der Waals surface area contributed by atoms with E-state index in [1.54, 1.807) is 14.2 Å². The number of ether oxygens (including phenoxy) is 2. The summed E-state index contributed by atoms with van der Waals surface area (Å²) in [6, 6.07) is 12.3. The molecule has 1 aliphatic rings. The van der Waals surface area contributed by atoms with Gasteiger partial charge in [0.2, 0.25) is 5.91 Å². The third-order valence-electron chi connectivity index (χ3n) is 5.35. The Kier molecular flexibility index (Phi) is 6.08. The number of carboxylic acids is 1. The van der Waals surface area contributed by atoms with Crippen molar-refractivity contribution in [3.05, 3.63) is 48.0 Å². The zero-order valence-electron chi connectivity index (χ0n) is 16.8. The molecule has 3 rings (SSSR count). The van der Waals surface area contributed by atoms with Crippen molar-refractivity contribution >= 4 is 11.9 Å². The topological polar surface area (TPSA) is 96.9 Å². The molecule has 0 spiro atoms. The largest absolute Gasteiger partial charge is 0.496 e. The Morgan fingerprint density at radius 1 is 1.14 bits per heavy atom.